The molecule has 1 saturated carbocycles. The van der Waals surface area contributed by atoms with Gasteiger partial charge in [0.15, 0.2) is 0 Å². The molecule has 7 heteroatoms. The average Bonchev–Trinajstić information content (AvgIpc) is 2.85. The summed E-state index contributed by atoms with van der Waals surface area (Å²) in [7, 11) is 1.69. The van der Waals surface area contributed by atoms with Gasteiger partial charge in [0.25, 0.3) is 0 Å². The quantitative estimate of drug-likeness (QED) is 0.507. The van der Waals surface area contributed by atoms with Crippen molar-refractivity contribution in [3.05, 3.63) is 35.9 Å². The summed E-state index contributed by atoms with van der Waals surface area (Å²) in [6, 6.07) is 10.1. The van der Waals surface area contributed by atoms with Gasteiger partial charge in [-0.15, -0.1) is 0 Å². The fourth-order valence-electron chi connectivity index (χ4n) is 4.82. The van der Waals surface area contributed by atoms with Crippen LogP contribution in [0.1, 0.15) is 56.6 Å². The number of morpholine rings is 1. The Morgan fingerprint density at radius 2 is 2.00 bits per heavy atom. The van der Waals surface area contributed by atoms with Crippen molar-refractivity contribution in [2.45, 2.75) is 63.2 Å². The number of carbonyl (C=O) groups is 1. The minimum atomic E-state index is -0.226. The summed E-state index contributed by atoms with van der Waals surface area (Å²) < 4.78 is 17.4. The van der Waals surface area contributed by atoms with Crippen molar-refractivity contribution in [3.8, 4) is 0 Å². The van der Waals surface area contributed by atoms with Gasteiger partial charge in [0.2, 0.25) is 0 Å². The van der Waals surface area contributed by atoms with Crippen LogP contribution in [0, 0.1) is 5.92 Å². The van der Waals surface area contributed by atoms with Crippen LogP contribution in [0.15, 0.2) is 30.3 Å². The van der Waals surface area contributed by atoms with E-state index >= 15 is 0 Å². The molecule has 0 spiro atoms. The van der Waals surface area contributed by atoms with E-state index in [2.05, 4.69) is 17.4 Å². The van der Waals surface area contributed by atoms with Crippen LogP contribution in [0.2, 0.25) is 0 Å². The number of amides is 2. The highest BCUT2D eigenvalue weighted by atomic mass is 16.5. The van der Waals surface area contributed by atoms with Crippen molar-refractivity contribution >= 4 is 6.03 Å². The van der Waals surface area contributed by atoms with Gasteiger partial charge in [-0.05, 0) is 24.3 Å². The van der Waals surface area contributed by atoms with Gasteiger partial charge in [-0.25, -0.2) is 4.79 Å². The smallest absolute Gasteiger partial charge is 0.317 e. The number of urea groups is 1. The van der Waals surface area contributed by atoms with E-state index in [1.807, 2.05) is 23.1 Å². The lowest BCUT2D eigenvalue weighted by Crippen LogP contribution is -2.54. The summed E-state index contributed by atoms with van der Waals surface area (Å²) in [6.07, 6.45) is 7.79. The third-order valence-electron chi connectivity index (χ3n) is 6.59. The first kappa shape index (κ1) is 25.0. The summed E-state index contributed by atoms with van der Waals surface area (Å²) in [5.74, 6) is 0.679. The van der Waals surface area contributed by atoms with E-state index in [-0.39, 0.29) is 24.3 Å². The van der Waals surface area contributed by atoms with E-state index in [1.165, 1.54) is 32.1 Å². The molecule has 0 bridgehead atoms. The Morgan fingerprint density at radius 1 is 1.22 bits per heavy atom. The Labute approximate surface area is 193 Å². The molecule has 3 N–H and O–H groups in total. The Hall–Kier alpha value is -1.67. The van der Waals surface area contributed by atoms with Crippen molar-refractivity contribution in [1.82, 2.24) is 10.2 Å². The number of benzene rings is 1. The second-order valence-corrected chi connectivity index (χ2v) is 9.03. The number of ether oxygens (including phenoxy) is 3. The number of methoxy groups -OCH3 is 1. The number of nitrogens with two attached hydrogens (primary N) is 1. The van der Waals surface area contributed by atoms with Crippen molar-refractivity contribution < 1.29 is 19.0 Å². The van der Waals surface area contributed by atoms with Crippen LogP contribution in [-0.4, -0.2) is 69.6 Å². The zero-order valence-corrected chi connectivity index (χ0v) is 19.5. The number of nitrogens with zero attached hydrogens (tertiary/aromatic N) is 1. The second-order valence-electron chi connectivity index (χ2n) is 9.03. The maximum absolute atomic E-state index is 13.1. The monoisotopic (exact) mass is 447 g/mol. The molecule has 32 heavy (non-hydrogen) atoms. The van der Waals surface area contributed by atoms with Crippen LogP contribution in [0.5, 0.6) is 0 Å². The molecule has 3 rings (SSSR count). The van der Waals surface area contributed by atoms with Crippen LogP contribution in [0.25, 0.3) is 0 Å². The topological polar surface area (TPSA) is 86.1 Å². The summed E-state index contributed by atoms with van der Waals surface area (Å²) >= 11 is 0. The van der Waals surface area contributed by atoms with Crippen LogP contribution < -0.4 is 11.1 Å². The van der Waals surface area contributed by atoms with Gasteiger partial charge in [0.05, 0.1) is 13.2 Å². The molecule has 7 nitrogen and oxygen atoms in total. The molecule has 1 heterocycles. The van der Waals surface area contributed by atoms with Crippen LogP contribution in [-0.2, 0) is 14.2 Å². The maximum Gasteiger partial charge on any atom is 0.317 e. The van der Waals surface area contributed by atoms with Gasteiger partial charge in [0, 0.05) is 39.5 Å². The van der Waals surface area contributed by atoms with Gasteiger partial charge in [-0.2, -0.15) is 0 Å². The first-order chi connectivity index (χ1) is 15.7. The first-order valence-corrected chi connectivity index (χ1v) is 12.2. The number of nitrogens with one attached hydrogen (secondary N) is 1. The molecule has 3 atom stereocenters. The molecule has 1 aromatic carbocycles. The highest BCUT2D eigenvalue weighted by Gasteiger charge is 2.33. The van der Waals surface area contributed by atoms with Gasteiger partial charge >= 0.3 is 6.03 Å². The molecule has 1 saturated heterocycles. The largest absolute Gasteiger partial charge is 0.385 e. The van der Waals surface area contributed by atoms with Crippen LogP contribution in [0.3, 0.4) is 0 Å². The van der Waals surface area contributed by atoms with Crippen molar-refractivity contribution in [2.75, 3.05) is 46.6 Å². The molecular formula is C25H41N3O4. The van der Waals surface area contributed by atoms with Crippen LogP contribution >= 0.6 is 0 Å². The Bertz CT molecular complexity index is 654. The number of hydrogen-bond donors (Lipinski definition) is 2. The minimum Gasteiger partial charge on any atom is -0.385 e. The Balaban J connectivity index is 1.57. The summed E-state index contributed by atoms with van der Waals surface area (Å²) in [4.78, 5) is 14.9. The van der Waals surface area contributed by atoms with Crippen molar-refractivity contribution in [1.29, 1.82) is 0 Å². The standard InChI is InChI=1S/C25H41N3O4/c1-30-14-8-15-32-24(21-11-6-3-7-12-21)23-19-28(13-16-31-23)25(29)27-22(18-26)17-20-9-4-2-5-10-20/h3,6-7,11-12,20,22-24H,2,4-5,8-10,13-19,26H2,1H3,(H,27,29). The summed E-state index contributed by atoms with van der Waals surface area (Å²) in [5.41, 5.74) is 7.07. The summed E-state index contributed by atoms with van der Waals surface area (Å²) in [5, 5.41) is 3.19. The predicted octanol–water partition coefficient (Wildman–Crippen LogP) is 3.49. The SMILES string of the molecule is COCCCOC(c1ccccc1)C1CN(C(=O)NC(CN)CC2CCCCC2)CCO1. The fourth-order valence-corrected chi connectivity index (χ4v) is 4.82. The summed E-state index contributed by atoms with van der Waals surface area (Å²) in [6.45, 7) is 3.29. The molecule has 0 radical (unpaired) electrons. The molecule has 2 fully saturated rings. The van der Waals surface area contributed by atoms with E-state index in [4.69, 9.17) is 19.9 Å². The van der Waals surface area contributed by atoms with E-state index in [0.29, 0.717) is 45.4 Å². The Kier molecular flexibility index (Phi) is 10.8. The number of hydrogen-bond acceptors (Lipinski definition) is 5. The molecule has 1 aromatic rings. The van der Waals surface area contributed by atoms with E-state index in [9.17, 15) is 4.79 Å². The van der Waals surface area contributed by atoms with Crippen molar-refractivity contribution in [3.63, 3.8) is 0 Å². The van der Waals surface area contributed by atoms with Gasteiger partial charge < -0.3 is 30.2 Å². The second kappa shape index (κ2) is 13.8. The molecule has 0 aromatic heterocycles. The normalized spacial score (nSPS) is 21.8. The van der Waals surface area contributed by atoms with E-state index in [0.717, 1.165) is 18.4 Å². The van der Waals surface area contributed by atoms with Crippen molar-refractivity contribution in [2.24, 2.45) is 11.7 Å². The van der Waals surface area contributed by atoms with Gasteiger partial charge in [-0.3, -0.25) is 0 Å². The number of rotatable bonds is 11. The zero-order valence-electron chi connectivity index (χ0n) is 19.5. The average molecular weight is 448 g/mol. The Morgan fingerprint density at radius 3 is 2.72 bits per heavy atom. The lowest BCUT2D eigenvalue weighted by Gasteiger charge is -2.38. The van der Waals surface area contributed by atoms with Gasteiger partial charge in [0.1, 0.15) is 12.2 Å². The maximum atomic E-state index is 13.1. The third-order valence-corrected chi connectivity index (χ3v) is 6.59. The highest BCUT2D eigenvalue weighted by molar-refractivity contribution is 5.74. The lowest BCUT2D eigenvalue weighted by molar-refractivity contribution is -0.107. The minimum absolute atomic E-state index is 0.0297. The first-order valence-electron chi connectivity index (χ1n) is 12.2. The molecule has 1 aliphatic heterocycles. The molecule has 2 amide bonds. The fraction of sp³-hybridized carbons (Fsp3) is 0.720. The molecular weight excluding hydrogens is 406 g/mol. The van der Waals surface area contributed by atoms with Gasteiger partial charge in [-0.1, -0.05) is 62.4 Å². The van der Waals surface area contributed by atoms with E-state index < -0.39 is 0 Å². The molecule has 1 aliphatic carbocycles. The molecule has 180 valence electrons. The van der Waals surface area contributed by atoms with Crippen LogP contribution in [0.4, 0.5) is 4.79 Å². The highest BCUT2D eigenvalue weighted by Crippen LogP contribution is 2.28. The lowest BCUT2D eigenvalue weighted by atomic mass is 9.85. The number of carbonyl (C=O) groups excluding carboxylic acids is 1. The van der Waals surface area contributed by atoms with E-state index in [1.54, 1.807) is 7.11 Å². The predicted molar refractivity (Wildman–Crippen MR) is 126 cm³/mol. The molecule has 3 unspecified atom stereocenters. The third kappa shape index (κ3) is 7.73. The molecule has 2 aliphatic rings. The zero-order chi connectivity index (χ0) is 22.6.